The lowest BCUT2D eigenvalue weighted by Gasteiger charge is -2.34. The third-order valence-electron chi connectivity index (χ3n) is 11.6. The van der Waals surface area contributed by atoms with E-state index in [1.807, 2.05) is 0 Å². The normalized spacial score (nSPS) is 17.7. The van der Waals surface area contributed by atoms with E-state index < -0.39 is 158 Å². The zero-order valence-corrected chi connectivity index (χ0v) is 39.4. The minimum absolute atomic E-state index is 0.0164. The molecule has 0 bridgehead atoms. The number of nitrogens with zero attached hydrogens (tertiary/aromatic N) is 6. The fourth-order valence-electron chi connectivity index (χ4n) is 8.31. The second-order valence-corrected chi connectivity index (χ2v) is 23.9. The summed E-state index contributed by atoms with van der Waals surface area (Å²) in [4.78, 5) is 18.6. The fraction of sp³-hybridized carbons (Fsp3) is 0.415. The lowest BCUT2D eigenvalue weighted by molar-refractivity contribution is -0.144. The molecule has 3 heterocycles. The Hall–Kier alpha value is -5.46. The second-order valence-electron chi connectivity index (χ2n) is 17.1. The number of nitrogens with one attached hydrogen (secondary N) is 1. The lowest BCUT2D eigenvalue weighted by Crippen LogP contribution is -2.36. The number of rotatable bonds is 12. The third-order valence-corrected chi connectivity index (χ3v) is 17.0. The van der Waals surface area contributed by atoms with Crippen LogP contribution in [0.4, 0.5) is 49.7 Å². The molecule has 2 aliphatic carbocycles. The van der Waals surface area contributed by atoms with Crippen LogP contribution in [0.2, 0.25) is 5.02 Å². The minimum atomic E-state index is -5.23. The number of hydrogen-bond donors (Lipinski definition) is 1. The van der Waals surface area contributed by atoms with Crippen LogP contribution in [-0.2, 0) is 66.3 Å². The largest absolute Gasteiger partial charge is 0.435 e. The van der Waals surface area contributed by atoms with Crippen molar-refractivity contribution in [2.45, 2.75) is 81.2 Å². The van der Waals surface area contributed by atoms with Gasteiger partial charge in [0, 0.05) is 34.9 Å². The van der Waals surface area contributed by atoms with Gasteiger partial charge in [-0.3, -0.25) is 14.2 Å². The van der Waals surface area contributed by atoms with Crippen molar-refractivity contribution in [2.24, 2.45) is 5.92 Å². The van der Waals surface area contributed by atoms with E-state index in [-0.39, 0.29) is 42.7 Å². The van der Waals surface area contributed by atoms with E-state index >= 15 is 8.78 Å². The van der Waals surface area contributed by atoms with Crippen molar-refractivity contribution in [2.75, 3.05) is 22.5 Å². The summed E-state index contributed by atoms with van der Waals surface area (Å²) in [6.45, 7) is -0.873. The van der Waals surface area contributed by atoms with Crippen LogP contribution >= 0.6 is 11.6 Å². The molecule has 1 amide bonds. The Labute approximate surface area is 392 Å². The number of carbonyl (C=O) groups is 1. The molecule has 5 aromatic rings. The van der Waals surface area contributed by atoms with Crippen molar-refractivity contribution in [1.29, 1.82) is 0 Å². The Morgan fingerprint density at radius 1 is 0.899 bits per heavy atom. The van der Waals surface area contributed by atoms with Gasteiger partial charge in [-0.1, -0.05) is 23.6 Å². The van der Waals surface area contributed by atoms with Gasteiger partial charge in [-0.25, -0.2) is 39.0 Å². The number of sulfone groups is 1. The minimum Gasteiger partial charge on any atom is -0.346 e. The van der Waals surface area contributed by atoms with E-state index in [1.54, 1.807) is 0 Å². The first kappa shape index (κ1) is 51.4. The molecule has 0 spiro atoms. The molecule has 1 N–H and O–H groups in total. The average molecular weight is 1060 g/mol. The molecule has 0 unspecified atom stereocenters. The van der Waals surface area contributed by atoms with Crippen molar-refractivity contribution >= 4 is 64.1 Å². The summed E-state index contributed by atoms with van der Waals surface area (Å²) in [7, 11) is -13.7. The van der Waals surface area contributed by atoms with Gasteiger partial charge >= 0.3 is 12.4 Å². The second kappa shape index (κ2) is 17.1. The number of anilines is 1. The highest BCUT2D eigenvalue weighted by Crippen LogP contribution is 2.64. The number of pyridine rings is 1. The zero-order chi connectivity index (χ0) is 51.4. The number of benzene rings is 2. The first-order chi connectivity index (χ1) is 31.5. The van der Waals surface area contributed by atoms with Crippen LogP contribution in [-0.4, -0.2) is 85.4 Å². The third kappa shape index (κ3) is 9.98. The molecule has 3 aromatic heterocycles. The Morgan fingerprint density at radius 2 is 1.51 bits per heavy atom. The van der Waals surface area contributed by atoms with Gasteiger partial charge in [0.25, 0.3) is 5.92 Å². The van der Waals surface area contributed by atoms with Crippen LogP contribution in [0.25, 0.3) is 22.0 Å². The summed E-state index contributed by atoms with van der Waals surface area (Å²) in [6, 6.07) is 4.57. The molecule has 1 fully saturated rings. The molecule has 1 saturated carbocycles. The van der Waals surface area contributed by atoms with E-state index in [2.05, 4.69) is 32.3 Å². The topological polar surface area (TPSA) is 183 Å². The van der Waals surface area contributed by atoms with Crippen LogP contribution in [0.5, 0.6) is 0 Å². The van der Waals surface area contributed by atoms with Gasteiger partial charge < -0.3 is 5.32 Å². The van der Waals surface area contributed by atoms with Crippen LogP contribution in [0.1, 0.15) is 72.6 Å². The summed E-state index contributed by atoms with van der Waals surface area (Å²) >= 11 is 6.50. The first-order valence-corrected chi connectivity index (χ1v) is 26.0. The number of sulfonamides is 2. The molecule has 0 aliphatic heterocycles. The van der Waals surface area contributed by atoms with Gasteiger partial charge in [0.05, 0.1) is 40.2 Å². The number of hydrogen-bond acceptors (Lipinski definition) is 10. The summed E-state index contributed by atoms with van der Waals surface area (Å²) in [6.07, 6.45) is -9.54. The van der Waals surface area contributed by atoms with Crippen molar-refractivity contribution < 1.29 is 74.0 Å². The van der Waals surface area contributed by atoms with Crippen molar-refractivity contribution in [3.63, 3.8) is 0 Å². The monoisotopic (exact) mass is 1060 g/mol. The fourth-order valence-corrected chi connectivity index (χ4v) is 11.6. The maximum Gasteiger partial charge on any atom is 0.435 e. The molecule has 28 heteroatoms. The molecule has 2 aromatic carbocycles. The Kier molecular flexibility index (Phi) is 12.8. The van der Waals surface area contributed by atoms with Crippen LogP contribution in [0.15, 0.2) is 42.5 Å². The van der Waals surface area contributed by atoms with Gasteiger partial charge in [0.2, 0.25) is 26.0 Å². The average Bonchev–Trinajstić information content (AvgIpc) is 3.74. The SMILES string of the molecule is CC(C)(C#Cc1ccc(-c2ccc(Cl)c3c(N(S(C)(=O)=O)S(C)(=O)=O)nn(CC(F)(F)F)c23)c([C@H](Cc2cc(F)cc(F)c2)NC(=O)Cn2nc(C(F)(F)F)c3c2C(F)(F)[C@@H]2CC[C@H]32)n1)S(C)(=O)=O. The Balaban J connectivity index is 1.50. The highest BCUT2D eigenvalue weighted by molar-refractivity contribution is 8.09. The molecule has 2 aliphatic rings. The molecule has 7 rings (SSSR count). The summed E-state index contributed by atoms with van der Waals surface area (Å²) in [5, 5.41) is 8.34. The van der Waals surface area contributed by atoms with Crippen molar-refractivity contribution in [1.82, 2.24) is 29.9 Å². The lowest BCUT2D eigenvalue weighted by atomic mass is 9.73. The number of aromatic nitrogens is 5. The molecule has 3 atom stereocenters. The highest BCUT2D eigenvalue weighted by Gasteiger charge is 2.63. The number of halogens is 11. The van der Waals surface area contributed by atoms with Gasteiger partial charge in [-0.2, -0.15) is 45.3 Å². The molecule has 372 valence electrons. The van der Waals surface area contributed by atoms with E-state index in [0.717, 1.165) is 42.7 Å². The first-order valence-electron chi connectivity index (χ1n) is 20.0. The standard InChI is InChI=1S/C41H36ClF10N7O7S3/c1-38(2,67(3,61)62)13-12-23-6-7-24(25-9-11-28(42)32-34(25)58(19-39(45,46)47)56-37(32)59(68(4,63)64)69(5,65)66)33(53-23)29(16-20-14-21(43)17-22(44)15-20)54-30(60)18-57-36-31(35(55-57)41(50,51)52)26-8-10-27(26)40(36,48)49/h6-7,9,11,14-15,17,26-27,29H,8,10,16,18-19H2,1-5H3,(H,54,60)/t26-,27+,29-/m0/s1. The molecule has 0 saturated heterocycles. The van der Waals surface area contributed by atoms with E-state index in [0.29, 0.717) is 18.6 Å². The van der Waals surface area contributed by atoms with Crippen molar-refractivity contribution in [3.05, 3.63) is 93.0 Å². The van der Waals surface area contributed by atoms with Crippen LogP contribution < -0.4 is 9.03 Å². The van der Waals surface area contributed by atoms with Gasteiger partial charge in [-0.05, 0) is 80.8 Å². The summed E-state index contributed by atoms with van der Waals surface area (Å²) < 4.78 is 222. The maximum atomic E-state index is 15.8. The highest BCUT2D eigenvalue weighted by atomic mass is 35.5. The van der Waals surface area contributed by atoms with Gasteiger partial charge in [-0.15, -0.1) is 3.71 Å². The van der Waals surface area contributed by atoms with E-state index in [4.69, 9.17) is 11.6 Å². The molecular weight excluding hydrogens is 1020 g/mol. The number of alkyl halides is 8. The maximum absolute atomic E-state index is 15.8. The zero-order valence-electron chi connectivity index (χ0n) is 36.2. The predicted octanol–water partition coefficient (Wildman–Crippen LogP) is 7.41. The quantitative estimate of drug-likeness (QED) is 0.0976. The smallest absolute Gasteiger partial charge is 0.346 e. The van der Waals surface area contributed by atoms with Crippen LogP contribution in [0, 0.1) is 29.4 Å². The summed E-state index contributed by atoms with van der Waals surface area (Å²) in [5.41, 5.74) is -6.07. The molecule has 69 heavy (non-hydrogen) atoms. The van der Waals surface area contributed by atoms with E-state index in [9.17, 15) is 65.2 Å². The van der Waals surface area contributed by atoms with Gasteiger partial charge in [0.1, 0.15) is 40.9 Å². The number of amides is 1. The van der Waals surface area contributed by atoms with Crippen molar-refractivity contribution in [3.8, 4) is 23.0 Å². The van der Waals surface area contributed by atoms with E-state index in [1.165, 1.54) is 13.8 Å². The molecule has 0 radical (unpaired) electrons. The predicted molar refractivity (Wildman–Crippen MR) is 230 cm³/mol. The number of carbonyl (C=O) groups excluding carboxylic acids is 1. The Bertz CT molecular complexity index is 3310. The number of fused-ring (bicyclic) bond motifs is 4. The molecule has 14 nitrogen and oxygen atoms in total. The van der Waals surface area contributed by atoms with Gasteiger partial charge in [0.15, 0.2) is 21.3 Å². The Morgan fingerprint density at radius 3 is 2.04 bits per heavy atom. The molecular formula is C41H36ClF10N7O7S3. The van der Waals surface area contributed by atoms with Crippen LogP contribution in [0.3, 0.4) is 0 Å². The summed E-state index contributed by atoms with van der Waals surface area (Å²) in [5.74, 6) is -6.30.